The van der Waals surface area contributed by atoms with Gasteiger partial charge in [-0.3, -0.25) is 4.98 Å². The molecule has 0 aliphatic heterocycles. The number of pyridine rings is 1. The van der Waals surface area contributed by atoms with E-state index in [1.54, 1.807) is 0 Å². The molecule has 0 saturated heterocycles. The smallest absolute Gasteiger partial charge is 0.0777 e. The molecule has 2 aromatic carbocycles. The second kappa shape index (κ2) is 5.64. The van der Waals surface area contributed by atoms with Gasteiger partial charge in [0.25, 0.3) is 0 Å². The summed E-state index contributed by atoms with van der Waals surface area (Å²) in [7, 11) is 0. The van der Waals surface area contributed by atoms with Gasteiger partial charge in [0, 0.05) is 20.1 Å². The third-order valence-electron chi connectivity index (χ3n) is 5.77. The van der Waals surface area contributed by atoms with Gasteiger partial charge in [-0.25, -0.2) is 0 Å². The Kier molecular flexibility index (Phi) is 3.94. The summed E-state index contributed by atoms with van der Waals surface area (Å²) in [4.78, 5) is 4.99. The Morgan fingerprint density at radius 1 is 1.08 bits per heavy atom. The first-order valence-corrected chi connectivity index (χ1v) is 9.53. The number of imidazole rings is 1. The summed E-state index contributed by atoms with van der Waals surface area (Å²) in [6, 6.07) is 14.2. The third-order valence-corrected chi connectivity index (χ3v) is 6.46. The van der Waals surface area contributed by atoms with Crippen molar-refractivity contribution in [1.82, 2.24) is 9.38 Å². The molecule has 1 aliphatic carbocycles. The van der Waals surface area contributed by atoms with Crippen LogP contribution in [-0.2, 0) is 30.9 Å². The van der Waals surface area contributed by atoms with E-state index in [0.29, 0.717) is 0 Å². The molecule has 0 unspecified atom stereocenters. The van der Waals surface area contributed by atoms with Gasteiger partial charge in [0.15, 0.2) is 0 Å². The topological polar surface area (TPSA) is 17.3 Å². The molecule has 4 aromatic rings. The summed E-state index contributed by atoms with van der Waals surface area (Å²) in [5.74, 6) is 0. The minimum Gasteiger partial charge on any atom is -0.341 e. The minimum absolute atomic E-state index is 0. The van der Waals surface area contributed by atoms with Crippen molar-refractivity contribution in [2.75, 3.05) is 0 Å². The molecular weight excluding hydrogens is 564 g/mol. The fourth-order valence-corrected chi connectivity index (χ4v) is 5.33. The van der Waals surface area contributed by atoms with Crippen molar-refractivity contribution in [3.05, 3.63) is 58.2 Å². The van der Waals surface area contributed by atoms with Gasteiger partial charge in [0.1, 0.15) is 0 Å². The van der Waals surface area contributed by atoms with Crippen molar-refractivity contribution in [1.29, 1.82) is 0 Å². The average Bonchev–Trinajstić information content (AvgIpc) is 2.99. The van der Waals surface area contributed by atoms with E-state index in [1.165, 1.54) is 23.1 Å². The fourth-order valence-electron chi connectivity index (χ4n) is 4.87. The second-order valence-corrected chi connectivity index (χ2v) is 9.42. The standard InChI is InChI=1S/C22H20BrN2.Ir/c1-21(2)12-22(3,4)16-11-19-18(10-15(16)21)24-20-14-6-5-7-17(23)13(14)8-9-25(19)20;/h5,7-11H,12H2,1-4H3;/q-1;. The van der Waals surface area contributed by atoms with Crippen LogP contribution in [0.4, 0.5) is 0 Å². The number of halogens is 1. The van der Waals surface area contributed by atoms with Gasteiger partial charge in [-0.1, -0.05) is 64.9 Å². The molecule has 0 atom stereocenters. The fraction of sp³-hybridized carbons (Fsp3) is 0.318. The van der Waals surface area contributed by atoms with Gasteiger partial charge in [0.2, 0.25) is 0 Å². The normalized spacial score (nSPS) is 17.6. The van der Waals surface area contributed by atoms with Gasteiger partial charge in [-0.05, 0) is 46.7 Å². The summed E-state index contributed by atoms with van der Waals surface area (Å²) in [5.41, 5.74) is 6.55. The zero-order chi connectivity index (χ0) is 17.6. The molecule has 4 heteroatoms. The van der Waals surface area contributed by atoms with E-state index in [1.807, 2.05) is 12.1 Å². The molecule has 1 aliphatic rings. The molecule has 2 heterocycles. The van der Waals surface area contributed by atoms with Crippen LogP contribution in [0.3, 0.4) is 0 Å². The van der Waals surface area contributed by atoms with Crippen molar-refractivity contribution in [2.24, 2.45) is 0 Å². The number of hydrogen-bond acceptors (Lipinski definition) is 1. The number of nitrogens with zero attached hydrogens (tertiary/aromatic N) is 2. The van der Waals surface area contributed by atoms with Crippen LogP contribution in [-0.4, -0.2) is 9.38 Å². The number of benzene rings is 2. The molecule has 2 nitrogen and oxygen atoms in total. The van der Waals surface area contributed by atoms with Crippen LogP contribution in [0.25, 0.3) is 27.5 Å². The molecule has 0 spiro atoms. The van der Waals surface area contributed by atoms with E-state index < -0.39 is 0 Å². The molecule has 0 N–H and O–H groups in total. The minimum atomic E-state index is 0. The van der Waals surface area contributed by atoms with E-state index in [0.717, 1.165) is 26.4 Å². The van der Waals surface area contributed by atoms with Crippen molar-refractivity contribution >= 4 is 43.4 Å². The van der Waals surface area contributed by atoms with Gasteiger partial charge >= 0.3 is 0 Å². The van der Waals surface area contributed by atoms with Gasteiger partial charge in [0.05, 0.1) is 16.7 Å². The number of hydrogen-bond donors (Lipinski definition) is 0. The number of aromatic nitrogens is 2. The Morgan fingerprint density at radius 2 is 1.77 bits per heavy atom. The van der Waals surface area contributed by atoms with Crippen molar-refractivity contribution in [3.63, 3.8) is 0 Å². The van der Waals surface area contributed by atoms with Crippen molar-refractivity contribution in [2.45, 2.75) is 44.9 Å². The second-order valence-electron chi connectivity index (χ2n) is 8.57. The number of rotatable bonds is 0. The van der Waals surface area contributed by atoms with Crippen LogP contribution < -0.4 is 0 Å². The van der Waals surface area contributed by atoms with E-state index in [2.05, 4.69) is 78.5 Å². The predicted octanol–water partition coefficient (Wildman–Crippen LogP) is 6.16. The molecule has 0 saturated carbocycles. The summed E-state index contributed by atoms with van der Waals surface area (Å²) in [5, 5.41) is 2.21. The molecule has 2 aromatic heterocycles. The van der Waals surface area contributed by atoms with E-state index in [9.17, 15) is 0 Å². The van der Waals surface area contributed by atoms with Crippen LogP contribution >= 0.6 is 15.9 Å². The Labute approximate surface area is 175 Å². The summed E-state index contributed by atoms with van der Waals surface area (Å²) in [6.45, 7) is 9.41. The first kappa shape index (κ1) is 18.2. The molecule has 0 bridgehead atoms. The zero-order valence-electron chi connectivity index (χ0n) is 15.3. The maximum absolute atomic E-state index is 4.99. The molecular formula is C22H20BrIrN2-. The summed E-state index contributed by atoms with van der Waals surface area (Å²) in [6.07, 6.45) is 3.30. The maximum atomic E-state index is 4.99. The predicted molar refractivity (Wildman–Crippen MR) is 107 cm³/mol. The van der Waals surface area contributed by atoms with Crippen LogP contribution in [0.2, 0.25) is 0 Å². The largest absolute Gasteiger partial charge is 0.341 e. The third kappa shape index (κ3) is 2.35. The van der Waals surface area contributed by atoms with Crippen LogP contribution in [0, 0.1) is 6.07 Å². The average molecular weight is 585 g/mol. The van der Waals surface area contributed by atoms with Gasteiger partial charge in [-0.15, -0.1) is 18.2 Å². The van der Waals surface area contributed by atoms with Gasteiger partial charge in [-0.2, -0.15) is 0 Å². The van der Waals surface area contributed by atoms with Gasteiger partial charge < -0.3 is 4.40 Å². The summed E-state index contributed by atoms with van der Waals surface area (Å²) < 4.78 is 3.29. The van der Waals surface area contributed by atoms with E-state index >= 15 is 0 Å². The Hall–Kier alpha value is -1.22. The molecule has 135 valence electrons. The van der Waals surface area contributed by atoms with E-state index in [4.69, 9.17) is 4.98 Å². The molecule has 0 fully saturated rings. The van der Waals surface area contributed by atoms with Crippen molar-refractivity contribution < 1.29 is 20.1 Å². The summed E-state index contributed by atoms with van der Waals surface area (Å²) >= 11 is 3.64. The number of fused-ring (bicyclic) bond motifs is 6. The molecule has 0 amide bonds. The Balaban J connectivity index is 0.00000168. The Bertz CT molecular complexity index is 1190. The Morgan fingerprint density at radius 3 is 2.50 bits per heavy atom. The zero-order valence-corrected chi connectivity index (χ0v) is 19.3. The van der Waals surface area contributed by atoms with Crippen molar-refractivity contribution in [3.8, 4) is 0 Å². The molecule has 26 heavy (non-hydrogen) atoms. The molecule has 1 radical (unpaired) electrons. The quantitative estimate of drug-likeness (QED) is 0.227. The van der Waals surface area contributed by atoms with Crippen LogP contribution in [0.1, 0.15) is 45.2 Å². The first-order chi connectivity index (χ1) is 11.8. The first-order valence-electron chi connectivity index (χ1n) is 8.74. The SMILES string of the molecule is CC1(C)CC(C)(C)c2cc3c(cc21)nc1c2[c-]ccc(Br)c2ccn31.[Ir]. The monoisotopic (exact) mass is 584 g/mol. The van der Waals surface area contributed by atoms with Crippen LogP contribution in [0.5, 0.6) is 0 Å². The van der Waals surface area contributed by atoms with E-state index in [-0.39, 0.29) is 30.9 Å². The molecule has 5 rings (SSSR count). The maximum Gasteiger partial charge on any atom is 0.0777 e. The van der Waals surface area contributed by atoms with Crippen LogP contribution in [0.15, 0.2) is 41.0 Å².